The summed E-state index contributed by atoms with van der Waals surface area (Å²) >= 11 is 0.908. The maximum atomic E-state index is 13.3. The monoisotopic (exact) mass is 654 g/mol. The number of pyridine rings is 1. The van der Waals surface area contributed by atoms with Crippen LogP contribution in [0.1, 0.15) is 25.0 Å². The summed E-state index contributed by atoms with van der Waals surface area (Å²) < 4.78 is 33.7. The molecule has 2 fully saturated rings. The van der Waals surface area contributed by atoms with Crippen LogP contribution in [0.3, 0.4) is 0 Å². The number of hydrogen-bond acceptors (Lipinski definition) is 15. The summed E-state index contributed by atoms with van der Waals surface area (Å²) in [6.07, 6.45) is 2.87. The highest BCUT2D eigenvalue weighted by Gasteiger charge is 2.54. The normalized spacial score (nSPS) is 19.6. The lowest BCUT2D eigenvalue weighted by Gasteiger charge is -2.43. The number of nitrogens with two attached hydrogens (primary N) is 1. The molecule has 2 atom stereocenters. The number of nitrogen functional groups attached to an aromatic ring is 1. The number of carbonyl (C=O) groups is 3. The Bertz CT molecular complexity index is 1770. The third-order valence-corrected chi connectivity index (χ3v) is 8.04. The van der Waals surface area contributed by atoms with Crippen LogP contribution in [-0.2, 0) is 29.5 Å². The summed E-state index contributed by atoms with van der Waals surface area (Å²) in [4.78, 5) is 62.4. The van der Waals surface area contributed by atoms with E-state index in [4.69, 9.17) is 15.8 Å². The number of aliphatic imine (C=N–C) groups is 1. The highest BCUT2D eigenvalue weighted by molar-refractivity contribution is 7.84. The molecule has 2 aromatic heterocycles. The predicted octanol–water partition coefficient (Wildman–Crippen LogP) is -2.40. The average molecular weight is 655 g/mol. The van der Waals surface area contributed by atoms with Crippen LogP contribution in [0.5, 0.6) is 5.75 Å². The molecule has 2 amide bonds. The van der Waals surface area contributed by atoms with E-state index in [1.54, 1.807) is 0 Å². The number of aliphatic carboxylic acids is 1. The fraction of sp³-hybridized carbons (Fsp3) is 0.333. The first-order valence-electron chi connectivity index (χ1n) is 12.1. The standard InChI is InChI=1S/C21H22N10O11S2/c22-8-25-20(27-13-4-11(32)12(33)6-30(13)38)24-5-10-15(17(35)31(10)44(39,40)41)28-16(34)14(9-7-43-19(23)26-9)29-42-21(18(36)37)2-1-3-21/h4,6-7,10,15,33,38H,1-3,5H2,(H2,23,26)(H,28,34)(H,36,37)(H2,24,25,27)(H,39,40,41)/b29-14-/t10-,15+/m1/s1. The number of guanidine groups is 1. The van der Waals surface area contributed by atoms with Crippen molar-refractivity contribution in [3.63, 3.8) is 0 Å². The van der Waals surface area contributed by atoms with Gasteiger partial charge in [-0.3, -0.25) is 24.3 Å². The van der Waals surface area contributed by atoms with Crippen LogP contribution in [0.2, 0.25) is 0 Å². The number of rotatable bonds is 10. The third-order valence-electron chi connectivity index (χ3n) is 6.42. The van der Waals surface area contributed by atoms with E-state index >= 15 is 0 Å². The highest BCUT2D eigenvalue weighted by atomic mass is 32.2. The number of nitriles is 1. The molecule has 234 valence electrons. The number of carboxylic acids is 1. The minimum absolute atomic E-state index is 0.00789. The van der Waals surface area contributed by atoms with Crippen molar-refractivity contribution in [2.45, 2.75) is 36.9 Å². The number of carboxylic acid groups (broad SMARTS) is 1. The molecular weight excluding hydrogens is 632 g/mol. The minimum atomic E-state index is -5.18. The number of nitrogens with zero attached hydrogens (tertiary/aromatic N) is 6. The topological polar surface area (TPSA) is 324 Å². The van der Waals surface area contributed by atoms with E-state index in [2.05, 4.69) is 31.1 Å². The molecule has 4 rings (SSSR count). The van der Waals surface area contributed by atoms with E-state index in [1.807, 2.05) is 0 Å². The van der Waals surface area contributed by atoms with Crippen LogP contribution in [0, 0.1) is 11.5 Å². The van der Waals surface area contributed by atoms with Crippen LogP contribution in [0.15, 0.2) is 32.6 Å². The van der Waals surface area contributed by atoms with Crippen LogP contribution in [0.25, 0.3) is 0 Å². The van der Waals surface area contributed by atoms with Crippen molar-refractivity contribution in [3.05, 3.63) is 33.6 Å². The summed E-state index contributed by atoms with van der Waals surface area (Å²) in [7, 11) is -5.18. The number of carbonyl (C=O) groups excluding carboxylic acids is 2. The van der Waals surface area contributed by atoms with Crippen molar-refractivity contribution < 1.29 is 47.6 Å². The molecule has 0 aromatic carbocycles. The maximum Gasteiger partial charge on any atom is 0.362 e. The molecule has 1 saturated heterocycles. The molecule has 1 aliphatic heterocycles. The van der Waals surface area contributed by atoms with Gasteiger partial charge in [0.2, 0.25) is 17.0 Å². The molecule has 0 unspecified atom stereocenters. The molecule has 44 heavy (non-hydrogen) atoms. The molecule has 9 N–H and O–H groups in total. The summed E-state index contributed by atoms with van der Waals surface area (Å²) in [5.74, 6) is -5.45. The summed E-state index contributed by atoms with van der Waals surface area (Å²) in [5, 5.41) is 49.5. The number of nitrogens with one attached hydrogen (secondary N) is 3. The molecule has 23 heteroatoms. The number of oxime groups is 1. The Balaban J connectivity index is 1.60. The first kappa shape index (κ1) is 31.5. The Labute approximate surface area is 249 Å². The number of hydrogen-bond donors (Lipinski definition) is 8. The van der Waals surface area contributed by atoms with Gasteiger partial charge in [0.1, 0.15) is 11.7 Å². The van der Waals surface area contributed by atoms with E-state index in [0.717, 1.165) is 17.4 Å². The zero-order valence-electron chi connectivity index (χ0n) is 21.9. The van der Waals surface area contributed by atoms with Crippen molar-refractivity contribution >= 4 is 62.0 Å². The van der Waals surface area contributed by atoms with Crippen molar-refractivity contribution in [1.82, 2.24) is 24.7 Å². The lowest BCUT2D eigenvalue weighted by Crippen LogP contribution is -2.73. The maximum absolute atomic E-state index is 13.3. The molecule has 2 aromatic rings. The van der Waals surface area contributed by atoms with Crippen molar-refractivity contribution in [2.24, 2.45) is 10.1 Å². The van der Waals surface area contributed by atoms with E-state index in [9.17, 15) is 47.6 Å². The van der Waals surface area contributed by atoms with E-state index < -0.39 is 81.0 Å². The van der Waals surface area contributed by atoms with Gasteiger partial charge in [0.05, 0.1) is 18.8 Å². The molecule has 0 spiro atoms. The Morgan fingerprint density at radius 3 is 2.59 bits per heavy atom. The van der Waals surface area contributed by atoms with Crippen LogP contribution in [-0.4, -0.2) is 96.1 Å². The van der Waals surface area contributed by atoms with Gasteiger partial charge in [-0.05, 0) is 6.42 Å². The summed E-state index contributed by atoms with van der Waals surface area (Å²) in [6, 6.07) is -2.52. The largest absolute Gasteiger partial charge is 0.503 e. The summed E-state index contributed by atoms with van der Waals surface area (Å²) in [5.41, 5.74) is 2.29. The predicted molar refractivity (Wildman–Crippen MR) is 147 cm³/mol. The fourth-order valence-electron chi connectivity index (χ4n) is 4.00. The molecule has 1 aliphatic carbocycles. The molecular formula is C21H22N10O11S2. The van der Waals surface area contributed by atoms with Crippen molar-refractivity contribution in [3.8, 4) is 11.9 Å². The molecule has 0 radical (unpaired) electrons. The van der Waals surface area contributed by atoms with Crippen molar-refractivity contribution in [1.29, 1.82) is 5.26 Å². The first-order valence-corrected chi connectivity index (χ1v) is 14.4. The third kappa shape index (κ3) is 6.30. The Hall–Kier alpha value is -5.47. The van der Waals surface area contributed by atoms with E-state index in [-0.39, 0.29) is 32.7 Å². The quantitative estimate of drug-likeness (QED) is 0.0193. The fourth-order valence-corrected chi connectivity index (χ4v) is 5.42. The highest BCUT2D eigenvalue weighted by Crippen LogP contribution is 2.36. The number of β-lactam (4-membered cyclic amide) rings is 1. The second-order valence-corrected chi connectivity index (χ2v) is 11.4. The number of amides is 2. The van der Waals surface area contributed by atoms with Gasteiger partial charge in [0.25, 0.3) is 11.8 Å². The smallest absolute Gasteiger partial charge is 0.362 e. The zero-order chi connectivity index (χ0) is 32.4. The number of aromatic hydroxyl groups is 1. The minimum Gasteiger partial charge on any atom is -0.503 e. The van der Waals surface area contributed by atoms with E-state index in [1.165, 1.54) is 11.6 Å². The van der Waals surface area contributed by atoms with Crippen molar-refractivity contribution in [2.75, 3.05) is 17.6 Å². The molecule has 0 bridgehead atoms. The van der Waals surface area contributed by atoms with Gasteiger partial charge >= 0.3 is 16.3 Å². The van der Waals surface area contributed by atoms with Crippen LogP contribution >= 0.6 is 11.3 Å². The number of anilines is 2. The van der Waals surface area contributed by atoms with Gasteiger partial charge in [0, 0.05) is 24.3 Å². The molecule has 21 nitrogen and oxygen atoms in total. The lowest BCUT2D eigenvalue weighted by molar-refractivity contribution is -0.178. The Morgan fingerprint density at radius 1 is 1.34 bits per heavy atom. The Kier molecular flexibility index (Phi) is 8.60. The second-order valence-electron chi connectivity index (χ2n) is 9.19. The van der Waals surface area contributed by atoms with Gasteiger partial charge in [0.15, 0.2) is 28.6 Å². The number of thiazole rings is 1. The Morgan fingerprint density at radius 2 is 2.05 bits per heavy atom. The lowest BCUT2D eigenvalue weighted by atomic mass is 9.80. The SMILES string of the molecule is N#CNC(=NC[C@@H]1[C@H](NC(=O)/C(=N\OC2(C(=O)O)CCC2)c2csc(N)n2)C(=O)N1S(=O)(=O)O)Nc1cc(=O)c(O)cn1O. The molecule has 3 heterocycles. The van der Waals surface area contributed by atoms with Gasteiger partial charge in [-0.2, -0.15) is 18.4 Å². The van der Waals surface area contributed by atoms with Crippen LogP contribution < -0.4 is 27.1 Å². The number of aromatic nitrogens is 2. The van der Waals surface area contributed by atoms with Gasteiger partial charge in [-0.25, -0.2) is 19.1 Å². The van der Waals surface area contributed by atoms with Gasteiger partial charge in [-0.15, -0.1) is 11.3 Å². The van der Waals surface area contributed by atoms with Crippen LogP contribution in [0.4, 0.5) is 10.9 Å². The van der Waals surface area contributed by atoms with E-state index in [0.29, 0.717) is 12.6 Å². The molecule has 2 aliphatic rings. The zero-order valence-corrected chi connectivity index (χ0v) is 23.6. The van der Waals surface area contributed by atoms with Gasteiger partial charge in [-0.1, -0.05) is 5.16 Å². The summed E-state index contributed by atoms with van der Waals surface area (Å²) in [6.45, 7) is -0.712. The van der Waals surface area contributed by atoms with Gasteiger partial charge < -0.3 is 36.6 Å². The second kappa shape index (κ2) is 12.0. The molecule has 1 saturated carbocycles. The average Bonchev–Trinajstić information content (AvgIpc) is 3.33. The first-order chi connectivity index (χ1) is 20.7.